The van der Waals surface area contributed by atoms with E-state index in [0.717, 1.165) is 38.5 Å². The number of carboxylic acid groups (broad SMARTS) is 2. The van der Waals surface area contributed by atoms with E-state index < -0.39 is 11.9 Å². The summed E-state index contributed by atoms with van der Waals surface area (Å²) >= 11 is 0. The number of hydrogen-bond donors (Lipinski definition) is 2. The number of hydrogen-bond acceptors (Lipinski definition) is 2. The number of aryl methyl sites for hydroxylation is 2. The van der Waals surface area contributed by atoms with Gasteiger partial charge in [0.2, 0.25) is 0 Å². The Labute approximate surface area is 259 Å². The second kappa shape index (κ2) is 28.0. The lowest BCUT2D eigenvalue weighted by molar-refractivity contribution is -0.138. The maximum Gasteiger partial charge on any atom is 0.303 e. The van der Waals surface area contributed by atoms with Crippen molar-refractivity contribution in [1.82, 2.24) is 0 Å². The fraction of sp³-hybridized carbons (Fsp3) is 0.789. The van der Waals surface area contributed by atoms with Crippen LogP contribution in [0.1, 0.15) is 191 Å². The van der Waals surface area contributed by atoms with E-state index in [1.165, 1.54) is 135 Å². The van der Waals surface area contributed by atoms with Crippen LogP contribution >= 0.6 is 0 Å². The Morgan fingerprint density at radius 2 is 0.762 bits per heavy atom. The van der Waals surface area contributed by atoms with Crippen molar-refractivity contribution < 1.29 is 19.8 Å². The van der Waals surface area contributed by atoms with Crippen molar-refractivity contribution in [1.29, 1.82) is 0 Å². The van der Waals surface area contributed by atoms with Gasteiger partial charge in [-0.15, -0.1) is 0 Å². The molecule has 242 valence electrons. The van der Waals surface area contributed by atoms with Crippen LogP contribution in [0.15, 0.2) is 18.2 Å². The minimum absolute atomic E-state index is 0.311. The van der Waals surface area contributed by atoms with E-state index >= 15 is 0 Å². The molecule has 0 atom stereocenters. The highest BCUT2D eigenvalue weighted by atomic mass is 16.4. The molecule has 0 heterocycles. The van der Waals surface area contributed by atoms with Gasteiger partial charge >= 0.3 is 11.9 Å². The normalized spacial score (nSPS) is 11.3. The van der Waals surface area contributed by atoms with Crippen LogP contribution < -0.4 is 0 Å². The summed E-state index contributed by atoms with van der Waals surface area (Å²) in [6.45, 7) is 2.29. The summed E-state index contributed by atoms with van der Waals surface area (Å²) in [4.78, 5) is 21.3. The predicted molar refractivity (Wildman–Crippen MR) is 179 cm³/mol. The van der Waals surface area contributed by atoms with Crippen LogP contribution in [0.5, 0.6) is 0 Å². The SMILES string of the molecule is CCCCCCCCCCCCc1cccc(CCCCCCCCCC(=O)O)c1CCCCCCCCCC(=O)O. The monoisotopic (exact) mass is 586 g/mol. The topological polar surface area (TPSA) is 74.6 Å². The minimum Gasteiger partial charge on any atom is -0.481 e. The fourth-order valence-electron chi connectivity index (χ4n) is 6.22. The van der Waals surface area contributed by atoms with E-state index in [2.05, 4.69) is 25.1 Å². The van der Waals surface area contributed by atoms with Crippen LogP contribution in [-0.2, 0) is 28.9 Å². The zero-order valence-corrected chi connectivity index (χ0v) is 27.4. The molecule has 1 rings (SSSR count). The van der Waals surface area contributed by atoms with Crippen molar-refractivity contribution in [3.8, 4) is 0 Å². The lowest BCUT2D eigenvalue weighted by Gasteiger charge is -2.16. The Kier molecular flexibility index (Phi) is 25.4. The van der Waals surface area contributed by atoms with Crippen molar-refractivity contribution in [3.63, 3.8) is 0 Å². The molecule has 0 saturated carbocycles. The number of carbonyl (C=O) groups is 2. The molecule has 0 saturated heterocycles. The lowest BCUT2D eigenvalue weighted by Crippen LogP contribution is -2.02. The number of rotatable bonds is 31. The van der Waals surface area contributed by atoms with Gasteiger partial charge in [0.15, 0.2) is 0 Å². The third-order valence-electron chi connectivity index (χ3n) is 8.82. The zero-order chi connectivity index (χ0) is 30.5. The van der Waals surface area contributed by atoms with Crippen molar-refractivity contribution in [2.45, 2.75) is 193 Å². The van der Waals surface area contributed by atoms with Gasteiger partial charge in [-0.1, -0.05) is 147 Å². The first-order valence-electron chi connectivity index (χ1n) is 18.1. The molecule has 0 spiro atoms. The maximum atomic E-state index is 10.7. The highest BCUT2D eigenvalue weighted by Gasteiger charge is 2.09. The highest BCUT2D eigenvalue weighted by molar-refractivity contribution is 5.66. The molecule has 0 radical (unpaired) electrons. The van der Waals surface area contributed by atoms with Crippen LogP contribution in [0.2, 0.25) is 0 Å². The number of unbranched alkanes of at least 4 members (excludes halogenated alkanes) is 21. The molecule has 1 aromatic rings. The molecule has 0 aliphatic heterocycles. The summed E-state index contributed by atoms with van der Waals surface area (Å²) in [6, 6.07) is 7.07. The number of aliphatic carboxylic acids is 2. The highest BCUT2D eigenvalue weighted by Crippen LogP contribution is 2.24. The summed E-state index contributed by atoms with van der Waals surface area (Å²) < 4.78 is 0. The van der Waals surface area contributed by atoms with Crippen molar-refractivity contribution in [2.75, 3.05) is 0 Å². The average molecular weight is 587 g/mol. The van der Waals surface area contributed by atoms with E-state index in [0.29, 0.717) is 12.8 Å². The van der Waals surface area contributed by atoms with Gasteiger partial charge in [-0.05, 0) is 68.1 Å². The van der Waals surface area contributed by atoms with Gasteiger partial charge < -0.3 is 10.2 Å². The molecule has 0 fully saturated rings. The van der Waals surface area contributed by atoms with Crippen molar-refractivity contribution in [2.24, 2.45) is 0 Å². The molecular weight excluding hydrogens is 520 g/mol. The van der Waals surface area contributed by atoms with Crippen molar-refractivity contribution in [3.05, 3.63) is 34.9 Å². The van der Waals surface area contributed by atoms with E-state index in [9.17, 15) is 9.59 Å². The summed E-state index contributed by atoms with van der Waals surface area (Å²) in [6.07, 6.45) is 34.1. The van der Waals surface area contributed by atoms with Gasteiger partial charge in [0.05, 0.1) is 0 Å². The molecule has 4 nitrogen and oxygen atoms in total. The lowest BCUT2D eigenvalue weighted by atomic mass is 9.90. The van der Waals surface area contributed by atoms with Gasteiger partial charge in [0, 0.05) is 12.8 Å². The smallest absolute Gasteiger partial charge is 0.303 e. The first-order chi connectivity index (χ1) is 20.5. The Morgan fingerprint density at radius 1 is 0.452 bits per heavy atom. The Morgan fingerprint density at radius 3 is 1.12 bits per heavy atom. The Bertz CT molecular complexity index is 787. The standard InChI is InChI=1S/C38H66O4/c1-2-3-4-5-6-7-8-11-16-21-27-34-29-26-30-35(28-22-17-12-9-14-19-24-32-37(39)40)36(34)31-23-18-13-10-15-20-25-33-38(41)42/h26,29-30H,2-25,27-28,31-33H2,1H3,(H,39,40)(H,41,42). The Hall–Kier alpha value is -1.84. The summed E-state index contributed by atoms with van der Waals surface area (Å²) in [5.41, 5.74) is 4.82. The van der Waals surface area contributed by atoms with E-state index in [1.807, 2.05) is 0 Å². The van der Waals surface area contributed by atoms with Crippen molar-refractivity contribution >= 4 is 11.9 Å². The predicted octanol–water partition coefficient (Wildman–Crippen LogP) is 11.6. The van der Waals surface area contributed by atoms with Crippen LogP contribution in [0.4, 0.5) is 0 Å². The van der Waals surface area contributed by atoms with Gasteiger partial charge in [-0.2, -0.15) is 0 Å². The molecule has 1 aromatic carbocycles. The molecular formula is C38H66O4. The molecule has 0 amide bonds. The first-order valence-corrected chi connectivity index (χ1v) is 18.1. The minimum atomic E-state index is -0.672. The Balaban J connectivity index is 2.44. The summed E-state index contributed by atoms with van der Waals surface area (Å²) in [7, 11) is 0. The quantitative estimate of drug-likeness (QED) is 0.0848. The van der Waals surface area contributed by atoms with Crippen LogP contribution in [0, 0.1) is 0 Å². The van der Waals surface area contributed by atoms with Crippen LogP contribution in [0.3, 0.4) is 0 Å². The largest absolute Gasteiger partial charge is 0.481 e. The second-order valence-electron chi connectivity index (χ2n) is 12.7. The molecule has 0 unspecified atom stereocenters. The third-order valence-corrected chi connectivity index (χ3v) is 8.82. The molecule has 2 N–H and O–H groups in total. The van der Waals surface area contributed by atoms with Crippen LogP contribution in [0.25, 0.3) is 0 Å². The number of benzene rings is 1. The molecule has 42 heavy (non-hydrogen) atoms. The zero-order valence-electron chi connectivity index (χ0n) is 27.4. The number of carboxylic acids is 2. The average Bonchev–Trinajstić information content (AvgIpc) is 2.96. The molecule has 0 aliphatic carbocycles. The van der Waals surface area contributed by atoms with E-state index in [-0.39, 0.29) is 0 Å². The molecule has 0 aromatic heterocycles. The molecule has 4 heteroatoms. The van der Waals surface area contributed by atoms with Crippen LogP contribution in [-0.4, -0.2) is 22.2 Å². The summed E-state index contributed by atoms with van der Waals surface area (Å²) in [5.74, 6) is -1.34. The van der Waals surface area contributed by atoms with Gasteiger partial charge in [0.25, 0.3) is 0 Å². The third kappa shape index (κ3) is 22.7. The van der Waals surface area contributed by atoms with E-state index in [4.69, 9.17) is 10.2 Å². The maximum absolute atomic E-state index is 10.7. The second-order valence-corrected chi connectivity index (χ2v) is 12.7. The van der Waals surface area contributed by atoms with E-state index in [1.54, 1.807) is 16.7 Å². The van der Waals surface area contributed by atoms with Gasteiger partial charge in [-0.3, -0.25) is 9.59 Å². The van der Waals surface area contributed by atoms with Gasteiger partial charge in [-0.25, -0.2) is 0 Å². The fourth-order valence-corrected chi connectivity index (χ4v) is 6.22. The molecule has 0 aliphatic rings. The first kappa shape index (κ1) is 38.2. The van der Waals surface area contributed by atoms with Gasteiger partial charge in [0.1, 0.15) is 0 Å². The summed E-state index contributed by atoms with van der Waals surface area (Å²) in [5, 5.41) is 17.6. The molecule has 0 bridgehead atoms.